The number of hydrogen-bond donors (Lipinski definition) is 1. The first kappa shape index (κ1) is 13.6. The second kappa shape index (κ2) is 5.96. The molecule has 0 radical (unpaired) electrons. The van der Waals surface area contributed by atoms with Crippen molar-refractivity contribution in [2.45, 2.75) is 44.6 Å². The van der Waals surface area contributed by atoms with Gasteiger partial charge < -0.3 is 10.6 Å². The van der Waals surface area contributed by atoms with Crippen LogP contribution in [0.15, 0.2) is 30.3 Å². The van der Waals surface area contributed by atoms with Crippen molar-refractivity contribution < 1.29 is 4.79 Å². The number of carbonyl (C=O) groups is 1. The van der Waals surface area contributed by atoms with Gasteiger partial charge in [-0.05, 0) is 50.2 Å². The maximum Gasteiger partial charge on any atom is 0.230 e. The van der Waals surface area contributed by atoms with Crippen molar-refractivity contribution in [3.8, 4) is 0 Å². The number of nitrogens with zero attached hydrogens (tertiary/aromatic N) is 1. The third-order valence-corrected chi connectivity index (χ3v) is 4.54. The van der Waals surface area contributed by atoms with E-state index in [1.54, 1.807) is 0 Å². The van der Waals surface area contributed by atoms with Gasteiger partial charge in [-0.3, -0.25) is 4.79 Å². The van der Waals surface area contributed by atoms with E-state index in [4.69, 9.17) is 5.73 Å². The van der Waals surface area contributed by atoms with Crippen molar-refractivity contribution in [3.05, 3.63) is 30.3 Å². The predicted octanol–water partition coefficient (Wildman–Crippen LogP) is 2.95. The molecule has 0 saturated heterocycles. The van der Waals surface area contributed by atoms with Crippen LogP contribution in [-0.4, -0.2) is 18.5 Å². The molecule has 0 bridgehead atoms. The van der Waals surface area contributed by atoms with Crippen molar-refractivity contribution in [3.63, 3.8) is 0 Å². The zero-order valence-electron chi connectivity index (χ0n) is 12.0. The summed E-state index contributed by atoms with van der Waals surface area (Å²) in [6, 6.07) is 10.3. The second-order valence-corrected chi connectivity index (χ2v) is 6.35. The molecule has 0 aliphatic heterocycles. The molecule has 2 unspecified atom stereocenters. The summed E-state index contributed by atoms with van der Waals surface area (Å²) in [5.41, 5.74) is 7.09. The first-order valence-electron chi connectivity index (χ1n) is 7.86. The predicted molar refractivity (Wildman–Crippen MR) is 81.5 cm³/mol. The van der Waals surface area contributed by atoms with E-state index in [0.29, 0.717) is 11.8 Å². The minimum atomic E-state index is 0.123. The number of para-hydroxylation sites is 1. The highest BCUT2D eigenvalue weighted by atomic mass is 16.2. The van der Waals surface area contributed by atoms with Crippen LogP contribution in [0, 0.1) is 11.8 Å². The third-order valence-electron chi connectivity index (χ3n) is 4.54. The number of hydrogen-bond acceptors (Lipinski definition) is 2. The van der Waals surface area contributed by atoms with Gasteiger partial charge >= 0.3 is 0 Å². The van der Waals surface area contributed by atoms with Crippen LogP contribution in [0.5, 0.6) is 0 Å². The van der Waals surface area contributed by atoms with E-state index in [1.807, 2.05) is 35.2 Å². The van der Waals surface area contributed by atoms with Crippen LogP contribution >= 0.6 is 0 Å². The molecular weight excluding hydrogens is 248 g/mol. The van der Waals surface area contributed by atoms with E-state index < -0.39 is 0 Å². The number of nitrogens with two attached hydrogens (primary N) is 1. The molecule has 2 aliphatic rings. The van der Waals surface area contributed by atoms with Gasteiger partial charge in [0.1, 0.15) is 0 Å². The van der Waals surface area contributed by atoms with Gasteiger partial charge in [0.05, 0.1) is 0 Å². The van der Waals surface area contributed by atoms with Crippen LogP contribution in [0.1, 0.15) is 38.5 Å². The van der Waals surface area contributed by atoms with Crippen LogP contribution in [0.3, 0.4) is 0 Å². The Kier molecular flexibility index (Phi) is 4.06. The molecule has 0 heterocycles. The zero-order chi connectivity index (χ0) is 13.9. The lowest BCUT2D eigenvalue weighted by Gasteiger charge is -2.31. The monoisotopic (exact) mass is 272 g/mol. The summed E-state index contributed by atoms with van der Waals surface area (Å²) >= 11 is 0. The van der Waals surface area contributed by atoms with Gasteiger partial charge in [-0.25, -0.2) is 0 Å². The average Bonchev–Trinajstić information content (AvgIpc) is 3.29. The third kappa shape index (κ3) is 3.21. The minimum absolute atomic E-state index is 0.123. The van der Waals surface area contributed by atoms with E-state index in [1.165, 1.54) is 12.8 Å². The topological polar surface area (TPSA) is 46.3 Å². The molecule has 1 amide bonds. The van der Waals surface area contributed by atoms with Crippen molar-refractivity contribution in [2.24, 2.45) is 17.6 Å². The van der Waals surface area contributed by atoms with Gasteiger partial charge in [0.25, 0.3) is 0 Å². The van der Waals surface area contributed by atoms with Gasteiger partial charge in [0.2, 0.25) is 5.91 Å². The molecule has 2 N–H and O–H groups in total. The SMILES string of the molecule is NC1CCCC(C(=O)N(CC2CC2)c2ccccc2)C1. The van der Waals surface area contributed by atoms with Crippen molar-refractivity contribution >= 4 is 11.6 Å². The summed E-state index contributed by atoms with van der Waals surface area (Å²) in [6.07, 6.45) is 6.54. The molecule has 2 fully saturated rings. The fraction of sp³-hybridized carbons (Fsp3) is 0.588. The van der Waals surface area contributed by atoms with Gasteiger partial charge in [0, 0.05) is 24.2 Å². The molecule has 3 heteroatoms. The number of carbonyl (C=O) groups excluding carboxylic acids is 1. The number of amides is 1. The fourth-order valence-electron chi connectivity index (χ4n) is 3.16. The molecular formula is C17H24N2O. The van der Waals surface area contributed by atoms with Crippen molar-refractivity contribution in [1.29, 1.82) is 0 Å². The Labute approximate surface area is 121 Å². The molecule has 2 saturated carbocycles. The normalized spacial score (nSPS) is 26.2. The lowest BCUT2D eigenvalue weighted by atomic mass is 9.85. The molecule has 2 atom stereocenters. The maximum atomic E-state index is 12.9. The van der Waals surface area contributed by atoms with E-state index in [2.05, 4.69) is 0 Å². The standard InChI is InChI=1S/C17H24N2O/c18-15-6-4-5-14(11-15)17(20)19(12-13-9-10-13)16-7-2-1-3-8-16/h1-3,7-8,13-15H,4-6,9-12,18H2. The second-order valence-electron chi connectivity index (χ2n) is 6.35. The number of benzene rings is 1. The average molecular weight is 272 g/mol. The number of rotatable bonds is 4. The molecule has 0 spiro atoms. The van der Waals surface area contributed by atoms with E-state index in [0.717, 1.165) is 37.9 Å². The lowest BCUT2D eigenvalue weighted by molar-refractivity contribution is -0.123. The van der Waals surface area contributed by atoms with Gasteiger partial charge in [-0.2, -0.15) is 0 Å². The largest absolute Gasteiger partial charge is 0.328 e. The Balaban J connectivity index is 1.75. The molecule has 20 heavy (non-hydrogen) atoms. The van der Waals surface area contributed by atoms with Crippen LogP contribution < -0.4 is 10.6 Å². The summed E-state index contributed by atoms with van der Waals surface area (Å²) in [5.74, 6) is 1.12. The van der Waals surface area contributed by atoms with Crippen LogP contribution in [-0.2, 0) is 4.79 Å². The van der Waals surface area contributed by atoms with Gasteiger partial charge in [-0.15, -0.1) is 0 Å². The molecule has 2 aliphatic carbocycles. The van der Waals surface area contributed by atoms with E-state index >= 15 is 0 Å². The number of anilines is 1. The van der Waals surface area contributed by atoms with E-state index in [9.17, 15) is 4.79 Å². The minimum Gasteiger partial charge on any atom is -0.328 e. The molecule has 3 nitrogen and oxygen atoms in total. The lowest BCUT2D eigenvalue weighted by Crippen LogP contribution is -2.41. The first-order chi connectivity index (χ1) is 9.74. The Hall–Kier alpha value is -1.35. The zero-order valence-corrected chi connectivity index (χ0v) is 12.0. The Morgan fingerprint density at radius 2 is 1.90 bits per heavy atom. The fourth-order valence-corrected chi connectivity index (χ4v) is 3.16. The summed E-state index contributed by atoms with van der Waals surface area (Å²) in [5, 5.41) is 0. The van der Waals surface area contributed by atoms with Crippen LogP contribution in [0.25, 0.3) is 0 Å². The molecule has 108 valence electrons. The highest BCUT2D eigenvalue weighted by Crippen LogP contribution is 2.33. The van der Waals surface area contributed by atoms with Crippen molar-refractivity contribution in [1.82, 2.24) is 0 Å². The quantitative estimate of drug-likeness (QED) is 0.916. The summed E-state index contributed by atoms with van der Waals surface area (Å²) < 4.78 is 0. The van der Waals surface area contributed by atoms with Gasteiger partial charge in [0.15, 0.2) is 0 Å². The van der Waals surface area contributed by atoms with Crippen LogP contribution in [0.2, 0.25) is 0 Å². The van der Waals surface area contributed by atoms with Gasteiger partial charge in [-0.1, -0.05) is 24.6 Å². The van der Waals surface area contributed by atoms with E-state index in [-0.39, 0.29) is 12.0 Å². The Morgan fingerprint density at radius 1 is 1.15 bits per heavy atom. The smallest absolute Gasteiger partial charge is 0.230 e. The van der Waals surface area contributed by atoms with Crippen molar-refractivity contribution in [2.75, 3.05) is 11.4 Å². The summed E-state index contributed by atoms with van der Waals surface area (Å²) in [7, 11) is 0. The Bertz CT molecular complexity index is 455. The summed E-state index contributed by atoms with van der Waals surface area (Å²) in [6.45, 7) is 0.884. The Morgan fingerprint density at radius 3 is 2.55 bits per heavy atom. The highest BCUT2D eigenvalue weighted by Gasteiger charge is 2.33. The molecule has 1 aromatic carbocycles. The molecule has 1 aromatic rings. The van der Waals surface area contributed by atoms with Crippen LogP contribution in [0.4, 0.5) is 5.69 Å². The molecule has 0 aromatic heterocycles. The molecule has 3 rings (SSSR count). The summed E-state index contributed by atoms with van der Waals surface area (Å²) in [4.78, 5) is 14.9. The highest BCUT2D eigenvalue weighted by molar-refractivity contribution is 5.95. The maximum absolute atomic E-state index is 12.9. The first-order valence-corrected chi connectivity index (χ1v) is 7.86.